The Kier molecular flexibility index (Phi) is 3.66. The first kappa shape index (κ1) is 14.0. The van der Waals surface area contributed by atoms with Crippen LogP contribution in [0.3, 0.4) is 0 Å². The Balaban J connectivity index is 2.22. The number of nitrogens with zero attached hydrogens (tertiary/aromatic N) is 3. The summed E-state index contributed by atoms with van der Waals surface area (Å²) >= 11 is 12.2. The Morgan fingerprint density at radius 2 is 1.67 bits per heavy atom. The molecule has 0 bridgehead atoms. The van der Waals surface area contributed by atoms with Crippen LogP contribution in [-0.2, 0) is 0 Å². The van der Waals surface area contributed by atoms with E-state index in [-0.39, 0.29) is 0 Å². The van der Waals surface area contributed by atoms with Gasteiger partial charge in [-0.25, -0.2) is 0 Å². The number of hydrogen-bond donors (Lipinski definition) is 0. The van der Waals surface area contributed by atoms with Gasteiger partial charge in [0.25, 0.3) is 0 Å². The molecular formula is C15H11Cl2N3O. The van der Waals surface area contributed by atoms with E-state index in [0.29, 0.717) is 10.3 Å². The number of pyridine rings is 1. The zero-order chi connectivity index (χ0) is 15.0. The minimum atomic E-state index is 0.306. The van der Waals surface area contributed by atoms with Gasteiger partial charge in [-0.15, -0.1) is 10.2 Å². The smallest absolute Gasteiger partial charge is 0.161 e. The first-order valence-electron chi connectivity index (χ1n) is 6.23. The topological polar surface area (TPSA) is 47.9 Å². The summed E-state index contributed by atoms with van der Waals surface area (Å²) in [5, 5.41) is 9.76. The number of ether oxygens (including phenoxy) is 1. The van der Waals surface area contributed by atoms with E-state index in [1.165, 1.54) is 0 Å². The summed E-state index contributed by atoms with van der Waals surface area (Å²) in [7, 11) is 1.63. The van der Waals surface area contributed by atoms with Crippen molar-refractivity contribution in [3.63, 3.8) is 0 Å². The van der Waals surface area contributed by atoms with E-state index in [4.69, 9.17) is 27.9 Å². The van der Waals surface area contributed by atoms with Crippen molar-refractivity contribution in [2.45, 2.75) is 6.92 Å². The fourth-order valence-electron chi connectivity index (χ4n) is 2.20. The van der Waals surface area contributed by atoms with Crippen molar-refractivity contribution in [1.29, 1.82) is 0 Å². The van der Waals surface area contributed by atoms with E-state index in [0.717, 1.165) is 33.5 Å². The number of hydrogen-bond acceptors (Lipinski definition) is 4. The molecule has 6 heteroatoms. The Morgan fingerprint density at radius 3 is 2.33 bits per heavy atom. The number of halogens is 2. The molecule has 0 spiro atoms. The largest absolute Gasteiger partial charge is 0.497 e. The van der Waals surface area contributed by atoms with Crippen LogP contribution < -0.4 is 4.74 Å². The summed E-state index contributed by atoms with van der Waals surface area (Å²) in [6.45, 7) is 1.87. The molecule has 0 fully saturated rings. The molecule has 0 aliphatic carbocycles. The Bertz CT molecular complexity index is 819. The quantitative estimate of drug-likeness (QED) is 0.706. The summed E-state index contributed by atoms with van der Waals surface area (Å²) in [5.41, 5.74) is 2.53. The third-order valence-corrected chi connectivity index (χ3v) is 3.78. The first-order valence-corrected chi connectivity index (χ1v) is 6.99. The first-order chi connectivity index (χ1) is 10.1. The highest BCUT2D eigenvalue weighted by molar-refractivity contribution is 6.38. The van der Waals surface area contributed by atoms with Crippen molar-refractivity contribution in [1.82, 2.24) is 15.2 Å². The molecule has 2 aromatic heterocycles. The van der Waals surface area contributed by atoms with Crippen molar-refractivity contribution in [3.05, 3.63) is 46.3 Å². The van der Waals surface area contributed by atoms with E-state index in [9.17, 15) is 0 Å². The van der Waals surface area contributed by atoms with Gasteiger partial charge >= 0.3 is 0 Å². The number of rotatable bonds is 2. The van der Waals surface area contributed by atoms with Crippen LogP contribution in [0.4, 0.5) is 0 Å². The van der Waals surface area contributed by atoms with Crippen molar-refractivity contribution >= 4 is 34.0 Å². The van der Waals surface area contributed by atoms with Gasteiger partial charge in [-0.3, -0.25) is 4.98 Å². The molecule has 3 aromatic rings. The lowest BCUT2D eigenvalue weighted by atomic mass is 10.1. The molecule has 0 atom stereocenters. The van der Waals surface area contributed by atoms with Gasteiger partial charge in [-0.1, -0.05) is 23.2 Å². The monoisotopic (exact) mass is 319 g/mol. The maximum Gasteiger partial charge on any atom is 0.161 e. The summed E-state index contributed by atoms with van der Waals surface area (Å²) in [4.78, 5) is 4.58. The molecule has 0 aliphatic heterocycles. The molecule has 0 aliphatic rings. The Morgan fingerprint density at radius 1 is 1.00 bits per heavy atom. The molecule has 0 N–H and O–H groups in total. The van der Waals surface area contributed by atoms with E-state index in [1.807, 2.05) is 37.3 Å². The molecule has 2 heterocycles. The van der Waals surface area contributed by atoms with E-state index in [2.05, 4.69) is 15.2 Å². The average Bonchev–Trinajstić information content (AvgIpc) is 2.50. The molecule has 21 heavy (non-hydrogen) atoms. The summed E-state index contributed by atoms with van der Waals surface area (Å²) in [6, 6.07) is 9.52. The summed E-state index contributed by atoms with van der Waals surface area (Å²) < 4.78 is 5.16. The molecule has 0 radical (unpaired) electrons. The highest BCUT2D eigenvalue weighted by Crippen LogP contribution is 2.31. The second kappa shape index (κ2) is 5.47. The van der Waals surface area contributed by atoms with Gasteiger partial charge in [-0.05, 0) is 37.3 Å². The molecule has 1 aromatic carbocycles. The zero-order valence-electron chi connectivity index (χ0n) is 11.4. The van der Waals surface area contributed by atoms with Crippen LogP contribution in [0, 0.1) is 6.92 Å². The summed E-state index contributed by atoms with van der Waals surface area (Å²) in [6.07, 6.45) is 0. The summed E-state index contributed by atoms with van der Waals surface area (Å²) in [5.74, 6) is 0.795. The van der Waals surface area contributed by atoms with E-state index in [1.54, 1.807) is 7.11 Å². The lowest BCUT2D eigenvalue weighted by Gasteiger charge is -2.08. The molecule has 0 saturated heterocycles. The number of aryl methyl sites for hydroxylation is 1. The number of benzene rings is 1. The molecule has 3 rings (SSSR count). The highest BCUT2D eigenvalue weighted by atomic mass is 35.5. The van der Waals surface area contributed by atoms with Gasteiger partial charge < -0.3 is 4.74 Å². The number of fused-ring (bicyclic) bond motifs is 1. The van der Waals surface area contributed by atoms with Gasteiger partial charge in [0, 0.05) is 22.0 Å². The number of aromatic nitrogens is 3. The van der Waals surface area contributed by atoms with Crippen LogP contribution in [0.15, 0.2) is 30.3 Å². The fraction of sp³-hybridized carbons (Fsp3) is 0.133. The normalized spacial score (nSPS) is 10.9. The Labute approximate surface area is 131 Å². The van der Waals surface area contributed by atoms with Crippen LogP contribution in [0.5, 0.6) is 5.75 Å². The van der Waals surface area contributed by atoms with Gasteiger partial charge in [0.15, 0.2) is 10.3 Å². The van der Waals surface area contributed by atoms with Crippen molar-refractivity contribution in [2.24, 2.45) is 0 Å². The average molecular weight is 320 g/mol. The Hall–Kier alpha value is -1.91. The predicted octanol–water partition coefficient (Wildman–Crippen LogP) is 4.32. The highest BCUT2D eigenvalue weighted by Gasteiger charge is 2.12. The van der Waals surface area contributed by atoms with Crippen molar-refractivity contribution < 1.29 is 4.74 Å². The number of methoxy groups -OCH3 is 1. The van der Waals surface area contributed by atoms with Gasteiger partial charge in [0.1, 0.15) is 5.75 Å². The van der Waals surface area contributed by atoms with Gasteiger partial charge in [0.05, 0.1) is 12.8 Å². The van der Waals surface area contributed by atoms with Crippen LogP contribution in [0.2, 0.25) is 10.3 Å². The minimum Gasteiger partial charge on any atom is -0.497 e. The van der Waals surface area contributed by atoms with Crippen LogP contribution in [0.1, 0.15) is 5.69 Å². The SMILES string of the molecule is COc1ccc(-c2cc3c(Cl)nnc(Cl)c3c(C)n2)cc1. The zero-order valence-corrected chi connectivity index (χ0v) is 12.9. The van der Waals surface area contributed by atoms with E-state index < -0.39 is 0 Å². The van der Waals surface area contributed by atoms with Gasteiger partial charge in [-0.2, -0.15) is 0 Å². The van der Waals surface area contributed by atoms with Gasteiger partial charge in [0.2, 0.25) is 0 Å². The van der Waals surface area contributed by atoms with Crippen LogP contribution >= 0.6 is 23.2 Å². The third-order valence-electron chi connectivity index (χ3n) is 3.24. The predicted molar refractivity (Wildman–Crippen MR) is 84.1 cm³/mol. The fourth-order valence-corrected chi connectivity index (χ4v) is 2.66. The minimum absolute atomic E-state index is 0.306. The maximum absolute atomic E-state index is 6.13. The lowest BCUT2D eigenvalue weighted by Crippen LogP contribution is -1.94. The molecule has 106 valence electrons. The third kappa shape index (κ3) is 2.52. The van der Waals surface area contributed by atoms with Crippen LogP contribution in [0.25, 0.3) is 22.0 Å². The molecule has 0 saturated carbocycles. The molecule has 4 nitrogen and oxygen atoms in total. The van der Waals surface area contributed by atoms with Crippen molar-refractivity contribution in [3.8, 4) is 17.0 Å². The second-order valence-electron chi connectivity index (χ2n) is 4.53. The molecular weight excluding hydrogens is 309 g/mol. The van der Waals surface area contributed by atoms with Crippen LogP contribution in [-0.4, -0.2) is 22.3 Å². The lowest BCUT2D eigenvalue weighted by molar-refractivity contribution is 0.415. The second-order valence-corrected chi connectivity index (χ2v) is 5.24. The molecule has 0 amide bonds. The van der Waals surface area contributed by atoms with E-state index >= 15 is 0 Å². The molecule has 0 unspecified atom stereocenters. The standard InChI is InChI=1S/C15H11Cl2N3O/c1-8-13-11(14(16)19-20-15(13)17)7-12(18-8)9-3-5-10(21-2)6-4-9/h3-7H,1-2H3. The van der Waals surface area contributed by atoms with Crippen molar-refractivity contribution in [2.75, 3.05) is 7.11 Å². The maximum atomic E-state index is 6.13.